The van der Waals surface area contributed by atoms with Crippen molar-refractivity contribution in [2.45, 2.75) is 77.0 Å². The number of hydrogen-bond donors (Lipinski definition) is 1. The van der Waals surface area contributed by atoms with E-state index in [1.807, 2.05) is 35.2 Å². The summed E-state index contributed by atoms with van der Waals surface area (Å²) in [5, 5.41) is 3.46. The summed E-state index contributed by atoms with van der Waals surface area (Å²) in [5.41, 5.74) is 1.90. The van der Waals surface area contributed by atoms with Gasteiger partial charge in [-0.05, 0) is 75.6 Å². The van der Waals surface area contributed by atoms with Gasteiger partial charge in [-0.2, -0.15) is 0 Å². The SMILES string of the molecule is C=CCCCCCCCCC=CCCCNc1ccc(C(=O)N2CCCC2)cc1. The van der Waals surface area contributed by atoms with Crippen LogP contribution in [0.25, 0.3) is 0 Å². The van der Waals surface area contributed by atoms with Gasteiger partial charge < -0.3 is 10.2 Å². The molecular weight excluding hydrogens is 356 g/mol. The third-order valence-electron chi connectivity index (χ3n) is 5.60. The molecule has 29 heavy (non-hydrogen) atoms. The van der Waals surface area contributed by atoms with Crippen molar-refractivity contribution in [3.63, 3.8) is 0 Å². The highest BCUT2D eigenvalue weighted by molar-refractivity contribution is 5.94. The van der Waals surface area contributed by atoms with Crippen LogP contribution in [-0.2, 0) is 0 Å². The van der Waals surface area contributed by atoms with Crippen LogP contribution in [-0.4, -0.2) is 30.4 Å². The number of unbranched alkanes of at least 4 members (excludes halogenated alkanes) is 8. The maximum Gasteiger partial charge on any atom is 0.253 e. The number of carbonyl (C=O) groups excluding carboxylic acids is 1. The highest BCUT2D eigenvalue weighted by Crippen LogP contribution is 2.15. The molecule has 0 atom stereocenters. The summed E-state index contributed by atoms with van der Waals surface area (Å²) in [5.74, 6) is 0.173. The van der Waals surface area contributed by atoms with Gasteiger partial charge in [-0.25, -0.2) is 0 Å². The largest absolute Gasteiger partial charge is 0.385 e. The number of likely N-dealkylation sites (tertiary alicyclic amines) is 1. The molecule has 1 heterocycles. The van der Waals surface area contributed by atoms with Crippen LogP contribution < -0.4 is 5.32 Å². The van der Waals surface area contributed by atoms with Gasteiger partial charge in [0.15, 0.2) is 0 Å². The molecule has 1 N–H and O–H groups in total. The molecule has 0 radical (unpaired) electrons. The van der Waals surface area contributed by atoms with Crippen LogP contribution in [0.2, 0.25) is 0 Å². The maximum absolute atomic E-state index is 12.3. The molecule has 3 heteroatoms. The molecule has 1 aliphatic rings. The van der Waals surface area contributed by atoms with E-state index in [9.17, 15) is 4.79 Å². The molecule has 0 bridgehead atoms. The van der Waals surface area contributed by atoms with E-state index in [1.165, 1.54) is 51.4 Å². The van der Waals surface area contributed by atoms with Crippen molar-refractivity contribution in [2.75, 3.05) is 25.0 Å². The zero-order valence-corrected chi connectivity index (χ0v) is 18.2. The smallest absolute Gasteiger partial charge is 0.253 e. The lowest BCUT2D eigenvalue weighted by atomic mass is 10.1. The number of rotatable bonds is 15. The highest BCUT2D eigenvalue weighted by atomic mass is 16.2. The van der Waals surface area contributed by atoms with Gasteiger partial charge >= 0.3 is 0 Å². The number of amides is 1. The fourth-order valence-electron chi connectivity index (χ4n) is 3.78. The lowest BCUT2D eigenvalue weighted by Crippen LogP contribution is -2.27. The summed E-state index contributed by atoms with van der Waals surface area (Å²) in [6.07, 6.45) is 21.7. The monoisotopic (exact) mass is 396 g/mol. The molecule has 0 aliphatic carbocycles. The Morgan fingerprint density at radius 1 is 0.862 bits per heavy atom. The van der Waals surface area contributed by atoms with E-state index in [2.05, 4.69) is 24.0 Å². The van der Waals surface area contributed by atoms with Crippen molar-refractivity contribution >= 4 is 11.6 Å². The Morgan fingerprint density at radius 3 is 2.10 bits per heavy atom. The first kappa shape index (κ1) is 23.3. The van der Waals surface area contributed by atoms with Gasteiger partial charge in [0.2, 0.25) is 0 Å². The predicted molar refractivity (Wildman–Crippen MR) is 126 cm³/mol. The van der Waals surface area contributed by atoms with Gasteiger partial charge in [0.25, 0.3) is 5.91 Å². The molecule has 1 fully saturated rings. The number of carbonyl (C=O) groups is 1. The van der Waals surface area contributed by atoms with E-state index in [1.54, 1.807) is 0 Å². The Balaban J connectivity index is 1.46. The Labute approximate surface area is 178 Å². The summed E-state index contributed by atoms with van der Waals surface area (Å²) in [7, 11) is 0. The van der Waals surface area contributed by atoms with Crippen LogP contribution in [0.4, 0.5) is 5.69 Å². The molecule has 0 aromatic heterocycles. The van der Waals surface area contributed by atoms with E-state index in [-0.39, 0.29) is 5.91 Å². The van der Waals surface area contributed by atoms with E-state index < -0.39 is 0 Å². The van der Waals surface area contributed by atoms with Crippen LogP contribution in [0.1, 0.15) is 87.4 Å². The Hall–Kier alpha value is -2.03. The molecule has 1 saturated heterocycles. The normalized spacial score (nSPS) is 13.9. The van der Waals surface area contributed by atoms with Crippen LogP contribution >= 0.6 is 0 Å². The van der Waals surface area contributed by atoms with Crippen molar-refractivity contribution in [1.82, 2.24) is 4.90 Å². The van der Waals surface area contributed by atoms with Crippen LogP contribution in [0.3, 0.4) is 0 Å². The first-order valence-electron chi connectivity index (χ1n) is 11.7. The Bertz CT molecular complexity index is 600. The Kier molecular flexibility index (Phi) is 11.9. The van der Waals surface area contributed by atoms with Crippen molar-refractivity contribution in [1.29, 1.82) is 0 Å². The van der Waals surface area contributed by atoms with Crippen LogP contribution in [0, 0.1) is 0 Å². The number of benzene rings is 1. The minimum absolute atomic E-state index is 0.173. The first-order valence-corrected chi connectivity index (χ1v) is 11.7. The molecular formula is C26H40N2O. The third-order valence-corrected chi connectivity index (χ3v) is 5.60. The Morgan fingerprint density at radius 2 is 1.45 bits per heavy atom. The highest BCUT2D eigenvalue weighted by Gasteiger charge is 2.18. The second-order valence-electron chi connectivity index (χ2n) is 8.10. The predicted octanol–water partition coefficient (Wildman–Crippen LogP) is 6.98. The quantitative estimate of drug-likeness (QED) is 0.256. The third kappa shape index (κ3) is 9.83. The molecule has 1 aliphatic heterocycles. The summed E-state index contributed by atoms with van der Waals surface area (Å²) in [6, 6.07) is 7.94. The van der Waals surface area contributed by atoms with Gasteiger partial charge in [-0.1, -0.05) is 43.9 Å². The first-order chi connectivity index (χ1) is 14.3. The zero-order chi connectivity index (χ0) is 20.6. The molecule has 0 spiro atoms. The molecule has 1 aromatic carbocycles. The zero-order valence-electron chi connectivity index (χ0n) is 18.2. The molecule has 1 amide bonds. The second kappa shape index (κ2) is 14.9. The number of anilines is 1. The van der Waals surface area contributed by atoms with Gasteiger partial charge in [0, 0.05) is 30.9 Å². The van der Waals surface area contributed by atoms with Crippen molar-refractivity contribution in [2.24, 2.45) is 0 Å². The molecule has 1 aromatic rings. The number of nitrogens with one attached hydrogen (secondary N) is 1. The van der Waals surface area contributed by atoms with Crippen molar-refractivity contribution < 1.29 is 4.79 Å². The van der Waals surface area contributed by atoms with Gasteiger partial charge in [0.1, 0.15) is 0 Å². The average Bonchev–Trinajstić information content (AvgIpc) is 3.29. The van der Waals surface area contributed by atoms with Crippen LogP contribution in [0.5, 0.6) is 0 Å². The van der Waals surface area contributed by atoms with Crippen LogP contribution in [0.15, 0.2) is 49.1 Å². The second-order valence-corrected chi connectivity index (χ2v) is 8.10. The van der Waals surface area contributed by atoms with Gasteiger partial charge in [-0.3, -0.25) is 4.79 Å². The number of nitrogens with zero attached hydrogens (tertiary/aromatic N) is 1. The molecule has 3 nitrogen and oxygen atoms in total. The molecule has 2 rings (SSSR count). The fraction of sp³-hybridized carbons (Fsp3) is 0.577. The van der Waals surface area contributed by atoms with E-state index in [0.29, 0.717) is 0 Å². The fourth-order valence-corrected chi connectivity index (χ4v) is 3.78. The molecule has 0 unspecified atom stereocenters. The summed E-state index contributed by atoms with van der Waals surface area (Å²) in [4.78, 5) is 14.3. The van der Waals surface area contributed by atoms with Gasteiger partial charge in [0.05, 0.1) is 0 Å². The molecule has 0 saturated carbocycles. The lowest BCUT2D eigenvalue weighted by molar-refractivity contribution is 0.0793. The summed E-state index contributed by atoms with van der Waals surface area (Å²) in [6.45, 7) is 6.54. The van der Waals surface area contributed by atoms with E-state index >= 15 is 0 Å². The van der Waals surface area contributed by atoms with Gasteiger partial charge in [-0.15, -0.1) is 6.58 Å². The van der Waals surface area contributed by atoms with E-state index in [4.69, 9.17) is 0 Å². The lowest BCUT2D eigenvalue weighted by Gasteiger charge is -2.15. The minimum Gasteiger partial charge on any atom is -0.385 e. The summed E-state index contributed by atoms with van der Waals surface area (Å²) < 4.78 is 0. The number of allylic oxidation sites excluding steroid dienone is 3. The summed E-state index contributed by atoms with van der Waals surface area (Å²) >= 11 is 0. The van der Waals surface area contributed by atoms with Crippen molar-refractivity contribution in [3.8, 4) is 0 Å². The maximum atomic E-state index is 12.3. The topological polar surface area (TPSA) is 32.3 Å². The van der Waals surface area contributed by atoms with Crippen molar-refractivity contribution in [3.05, 3.63) is 54.6 Å². The average molecular weight is 397 g/mol. The number of hydrogen-bond acceptors (Lipinski definition) is 2. The minimum atomic E-state index is 0.173. The van der Waals surface area contributed by atoms with E-state index in [0.717, 1.165) is 56.6 Å². The molecule has 160 valence electrons. The standard InChI is InChI=1S/C26H40N2O/c1-2-3-4-5-6-7-8-9-10-11-12-13-14-21-27-25-19-17-24(18-20-25)26(29)28-22-15-16-23-28/h2,11-12,17-20,27H,1,3-10,13-16,21-23H2.